The summed E-state index contributed by atoms with van der Waals surface area (Å²) in [6, 6.07) is 7.77. The zero-order valence-corrected chi connectivity index (χ0v) is 13.4. The fourth-order valence-electron chi connectivity index (χ4n) is 2.39. The van der Waals surface area contributed by atoms with Gasteiger partial charge in [-0.1, -0.05) is 0 Å². The highest BCUT2D eigenvalue weighted by Gasteiger charge is 2.26. The molecule has 0 fully saturated rings. The largest absolute Gasteiger partial charge is 0.481 e. The zero-order chi connectivity index (χ0) is 16.6. The van der Waals surface area contributed by atoms with E-state index in [4.69, 9.17) is 4.74 Å². The van der Waals surface area contributed by atoms with Crippen LogP contribution < -0.4 is 14.4 Å². The molecule has 1 N–H and O–H groups in total. The van der Waals surface area contributed by atoms with Gasteiger partial charge in [-0.15, -0.1) is 0 Å². The fraction of sp³-hybridized carbons (Fsp3) is 0.200. The lowest BCUT2D eigenvalue weighted by atomic mass is 10.2. The van der Waals surface area contributed by atoms with Crippen LogP contribution in [0.3, 0.4) is 0 Å². The first-order valence-electron chi connectivity index (χ1n) is 6.83. The van der Waals surface area contributed by atoms with Crippen molar-refractivity contribution in [2.45, 2.75) is 11.3 Å². The predicted molar refractivity (Wildman–Crippen MR) is 85.2 cm³/mol. The summed E-state index contributed by atoms with van der Waals surface area (Å²) < 4.78 is 32.3. The molecule has 0 aliphatic carbocycles. The quantitative estimate of drug-likeness (QED) is 0.914. The molecule has 1 aliphatic rings. The molecule has 7 nitrogen and oxygen atoms in total. The third-order valence-corrected chi connectivity index (χ3v) is 5.02. The Kier molecular flexibility index (Phi) is 3.69. The van der Waals surface area contributed by atoms with Crippen LogP contribution in [-0.2, 0) is 21.2 Å². The minimum Gasteiger partial charge on any atom is -0.481 e. The van der Waals surface area contributed by atoms with Gasteiger partial charge in [-0.25, -0.2) is 13.4 Å². The Morgan fingerprint density at radius 2 is 2.04 bits per heavy atom. The monoisotopic (exact) mass is 333 g/mol. The number of benzene rings is 1. The number of aromatic nitrogens is 1. The number of hydrogen-bond donors (Lipinski definition) is 1. The Morgan fingerprint density at radius 1 is 1.26 bits per heavy atom. The maximum Gasteiger partial charge on any atom is 0.261 e. The van der Waals surface area contributed by atoms with Crippen LogP contribution in [0.2, 0.25) is 0 Å². The minimum atomic E-state index is -3.75. The summed E-state index contributed by atoms with van der Waals surface area (Å²) >= 11 is 0. The molecule has 1 aromatic heterocycles. The fourth-order valence-corrected chi connectivity index (χ4v) is 3.48. The Morgan fingerprint density at radius 3 is 2.70 bits per heavy atom. The van der Waals surface area contributed by atoms with Crippen molar-refractivity contribution in [2.75, 3.05) is 23.8 Å². The number of carbonyl (C=O) groups is 1. The molecule has 0 unspecified atom stereocenters. The molecule has 0 bridgehead atoms. The van der Waals surface area contributed by atoms with Crippen molar-refractivity contribution in [3.63, 3.8) is 0 Å². The maximum atomic E-state index is 12.5. The molecule has 1 aromatic carbocycles. The molecule has 2 heterocycles. The van der Waals surface area contributed by atoms with E-state index in [2.05, 4.69) is 9.71 Å². The van der Waals surface area contributed by atoms with Crippen molar-refractivity contribution in [1.82, 2.24) is 4.98 Å². The first-order chi connectivity index (χ1) is 10.9. The number of anilines is 2. The van der Waals surface area contributed by atoms with Gasteiger partial charge in [-0.05, 0) is 29.8 Å². The van der Waals surface area contributed by atoms with Crippen LogP contribution in [0.4, 0.5) is 11.4 Å². The highest BCUT2D eigenvalue weighted by Crippen LogP contribution is 2.30. The highest BCUT2D eigenvalue weighted by molar-refractivity contribution is 7.92. The van der Waals surface area contributed by atoms with Crippen LogP contribution in [0.15, 0.2) is 41.4 Å². The first kappa shape index (κ1) is 15.3. The van der Waals surface area contributed by atoms with Crippen molar-refractivity contribution in [3.8, 4) is 5.88 Å². The van der Waals surface area contributed by atoms with E-state index in [1.165, 1.54) is 30.3 Å². The maximum absolute atomic E-state index is 12.5. The van der Waals surface area contributed by atoms with Crippen LogP contribution in [-0.4, -0.2) is 33.5 Å². The molecule has 8 heteroatoms. The Labute approximate surface area is 134 Å². The number of hydrogen-bond acceptors (Lipinski definition) is 5. The summed E-state index contributed by atoms with van der Waals surface area (Å²) in [5.74, 6) is 0.342. The second-order valence-corrected chi connectivity index (χ2v) is 6.80. The molecule has 0 saturated carbocycles. The zero-order valence-electron chi connectivity index (χ0n) is 12.6. The lowest BCUT2D eigenvalue weighted by Gasteiger charge is -2.12. The van der Waals surface area contributed by atoms with E-state index in [-0.39, 0.29) is 17.2 Å². The minimum absolute atomic E-state index is 0.0538. The van der Waals surface area contributed by atoms with Crippen molar-refractivity contribution >= 4 is 27.3 Å². The van der Waals surface area contributed by atoms with Crippen molar-refractivity contribution in [3.05, 3.63) is 42.1 Å². The number of fused-ring (bicyclic) bond motifs is 1. The average Bonchev–Trinajstić information content (AvgIpc) is 2.82. The number of nitrogens with zero attached hydrogens (tertiary/aromatic N) is 2. The lowest BCUT2D eigenvalue weighted by Crippen LogP contribution is -2.20. The Hall–Kier alpha value is -2.61. The SMILES string of the molecule is COc1ccc(NS(=O)(=O)c2ccc3c(c2)CC(=O)N3C)cn1. The van der Waals surface area contributed by atoms with Gasteiger partial charge >= 0.3 is 0 Å². The van der Waals surface area contributed by atoms with E-state index >= 15 is 0 Å². The third-order valence-electron chi connectivity index (χ3n) is 3.64. The summed E-state index contributed by atoms with van der Waals surface area (Å²) in [6.07, 6.45) is 1.58. The van der Waals surface area contributed by atoms with Gasteiger partial charge in [0.15, 0.2) is 0 Å². The average molecular weight is 333 g/mol. The molecule has 0 saturated heterocycles. The van der Waals surface area contributed by atoms with E-state index in [9.17, 15) is 13.2 Å². The molecule has 23 heavy (non-hydrogen) atoms. The summed E-state index contributed by atoms with van der Waals surface area (Å²) in [7, 11) is -0.599. The summed E-state index contributed by atoms with van der Waals surface area (Å²) in [4.78, 5) is 17.3. The van der Waals surface area contributed by atoms with E-state index in [1.54, 1.807) is 25.2 Å². The topological polar surface area (TPSA) is 88.6 Å². The summed E-state index contributed by atoms with van der Waals surface area (Å²) in [5, 5.41) is 0. The van der Waals surface area contributed by atoms with Crippen molar-refractivity contribution in [1.29, 1.82) is 0 Å². The molecule has 0 radical (unpaired) electrons. The highest BCUT2D eigenvalue weighted by atomic mass is 32.2. The van der Waals surface area contributed by atoms with Gasteiger partial charge < -0.3 is 9.64 Å². The van der Waals surface area contributed by atoms with E-state index < -0.39 is 10.0 Å². The molecular weight excluding hydrogens is 318 g/mol. The number of ether oxygens (including phenoxy) is 1. The van der Waals surface area contributed by atoms with Gasteiger partial charge in [0.1, 0.15) is 0 Å². The van der Waals surface area contributed by atoms with Crippen molar-refractivity contribution < 1.29 is 17.9 Å². The summed E-state index contributed by atoms with van der Waals surface area (Å²) in [6.45, 7) is 0. The van der Waals surface area contributed by atoms with Crippen LogP contribution in [0.25, 0.3) is 0 Å². The normalized spacial score (nSPS) is 13.8. The first-order valence-corrected chi connectivity index (χ1v) is 8.31. The summed E-state index contributed by atoms with van der Waals surface area (Å²) in [5.41, 5.74) is 1.77. The number of rotatable bonds is 4. The lowest BCUT2D eigenvalue weighted by molar-refractivity contribution is -0.117. The molecule has 0 atom stereocenters. The van der Waals surface area contributed by atoms with Crippen LogP contribution in [0, 0.1) is 0 Å². The van der Waals surface area contributed by atoms with Gasteiger partial charge in [0.2, 0.25) is 11.8 Å². The van der Waals surface area contributed by atoms with E-state index in [0.717, 1.165) is 5.69 Å². The van der Waals surface area contributed by atoms with Crippen LogP contribution in [0.1, 0.15) is 5.56 Å². The molecule has 1 amide bonds. The van der Waals surface area contributed by atoms with Gasteiger partial charge in [-0.3, -0.25) is 9.52 Å². The number of pyridine rings is 1. The van der Waals surface area contributed by atoms with Gasteiger partial charge in [0.25, 0.3) is 10.0 Å². The number of likely N-dealkylation sites (N-methyl/N-ethyl adjacent to an activating group) is 1. The van der Waals surface area contributed by atoms with Gasteiger partial charge in [0, 0.05) is 18.8 Å². The molecule has 120 valence electrons. The number of carbonyl (C=O) groups excluding carboxylic acids is 1. The molecule has 2 aromatic rings. The third kappa shape index (κ3) is 2.85. The smallest absolute Gasteiger partial charge is 0.261 e. The Balaban J connectivity index is 1.88. The van der Waals surface area contributed by atoms with Gasteiger partial charge in [-0.2, -0.15) is 0 Å². The molecule has 0 spiro atoms. The Bertz CT molecular complexity index is 863. The van der Waals surface area contributed by atoms with Gasteiger partial charge in [0.05, 0.1) is 30.3 Å². The molecule has 3 rings (SSSR count). The number of methoxy groups -OCH3 is 1. The van der Waals surface area contributed by atoms with Crippen LogP contribution in [0.5, 0.6) is 5.88 Å². The number of sulfonamides is 1. The van der Waals surface area contributed by atoms with Crippen LogP contribution >= 0.6 is 0 Å². The molecule has 1 aliphatic heterocycles. The second-order valence-electron chi connectivity index (χ2n) is 5.11. The molecular formula is C15H15N3O4S. The second kappa shape index (κ2) is 5.54. The number of amides is 1. The van der Waals surface area contributed by atoms with Crippen molar-refractivity contribution in [2.24, 2.45) is 0 Å². The van der Waals surface area contributed by atoms with E-state index in [0.29, 0.717) is 17.1 Å². The standard InChI is InChI=1S/C15H15N3O4S/c1-18-13-5-4-12(7-10(13)8-15(18)19)23(20,21)17-11-3-6-14(22-2)16-9-11/h3-7,9,17H,8H2,1-2H3. The predicted octanol–water partition coefficient (Wildman–Crippen LogP) is 1.41. The van der Waals surface area contributed by atoms with E-state index in [1.807, 2.05) is 0 Å². The number of nitrogens with one attached hydrogen (secondary N) is 1.